The summed E-state index contributed by atoms with van der Waals surface area (Å²) < 4.78 is 0. The summed E-state index contributed by atoms with van der Waals surface area (Å²) in [6.45, 7) is 6.89. The average molecular weight is 298 g/mol. The predicted octanol–water partition coefficient (Wildman–Crippen LogP) is 2.01. The van der Waals surface area contributed by atoms with Crippen LogP contribution < -0.4 is 16.0 Å². The topological polar surface area (TPSA) is 80.0 Å². The number of hydrogen-bond acceptors (Lipinski definition) is 6. The number of aromatic nitrogens is 3. The van der Waals surface area contributed by atoms with E-state index < -0.39 is 0 Å². The molecule has 1 fully saturated rings. The van der Waals surface area contributed by atoms with Crippen LogP contribution in [0.2, 0.25) is 0 Å². The van der Waals surface area contributed by atoms with Gasteiger partial charge >= 0.3 is 0 Å². The molecule has 0 bridgehead atoms. The molecule has 3 N–H and O–H groups in total. The lowest BCUT2D eigenvalue weighted by molar-refractivity contribution is 0.621. The first-order valence-corrected chi connectivity index (χ1v) is 7.63. The fraction of sp³-hybridized carbons (Fsp3) is 0.438. The molecule has 0 aromatic carbocycles. The standard InChI is InChI=1S/C16H22N6/c1-11-3-4-14(18-8-11)19-9-13-5-6-22(10-13)15-7-12(2)20-16(17)21-15/h3-4,7-8,13H,5-6,9-10H2,1-2H3,(H,18,19)(H2,17,20,21)/t13-/m1/s1. The van der Waals surface area contributed by atoms with Gasteiger partial charge in [-0.25, -0.2) is 9.97 Å². The number of nitrogens with two attached hydrogens (primary N) is 1. The van der Waals surface area contributed by atoms with Crippen LogP contribution in [0.3, 0.4) is 0 Å². The molecule has 2 aromatic heterocycles. The lowest BCUT2D eigenvalue weighted by Gasteiger charge is -2.18. The summed E-state index contributed by atoms with van der Waals surface area (Å²) >= 11 is 0. The molecule has 0 saturated carbocycles. The molecule has 1 saturated heterocycles. The zero-order chi connectivity index (χ0) is 15.5. The summed E-state index contributed by atoms with van der Waals surface area (Å²) in [6.07, 6.45) is 3.03. The van der Waals surface area contributed by atoms with Gasteiger partial charge in [-0.2, -0.15) is 4.98 Å². The third-order valence-electron chi connectivity index (χ3n) is 3.95. The van der Waals surface area contributed by atoms with Gasteiger partial charge < -0.3 is 16.0 Å². The van der Waals surface area contributed by atoms with E-state index in [2.05, 4.69) is 31.2 Å². The smallest absolute Gasteiger partial charge is 0.222 e. The van der Waals surface area contributed by atoms with E-state index in [-0.39, 0.29) is 0 Å². The SMILES string of the molecule is Cc1ccc(NC[C@H]2CCN(c3cc(C)nc(N)n3)C2)nc1. The van der Waals surface area contributed by atoms with Crippen LogP contribution >= 0.6 is 0 Å². The second-order valence-electron chi connectivity index (χ2n) is 5.93. The maximum atomic E-state index is 5.74. The molecule has 0 amide bonds. The van der Waals surface area contributed by atoms with E-state index in [4.69, 9.17) is 5.73 Å². The van der Waals surface area contributed by atoms with Gasteiger partial charge in [0.15, 0.2) is 0 Å². The molecule has 0 radical (unpaired) electrons. The highest BCUT2D eigenvalue weighted by Crippen LogP contribution is 2.23. The zero-order valence-corrected chi connectivity index (χ0v) is 13.1. The summed E-state index contributed by atoms with van der Waals surface area (Å²) in [7, 11) is 0. The highest BCUT2D eigenvalue weighted by molar-refractivity contribution is 5.44. The molecule has 116 valence electrons. The Morgan fingerprint density at radius 3 is 2.91 bits per heavy atom. The first-order chi connectivity index (χ1) is 10.6. The second kappa shape index (κ2) is 6.17. The van der Waals surface area contributed by atoms with Crippen LogP contribution in [0.15, 0.2) is 24.4 Å². The van der Waals surface area contributed by atoms with Gasteiger partial charge in [-0.3, -0.25) is 0 Å². The zero-order valence-electron chi connectivity index (χ0n) is 13.1. The monoisotopic (exact) mass is 298 g/mol. The Morgan fingerprint density at radius 2 is 2.18 bits per heavy atom. The van der Waals surface area contributed by atoms with Crippen LogP contribution in [0, 0.1) is 19.8 Å². The summed E-state index contributed by atoms with van der Waals surface area (Å²) in [5.74, 6) is 2.80. The first-order valence-electron chi connectivity index (χ1n) is 7.63. The normalized spacial score (nSPS) is 17.7. The van der Waals surface area contributed by atoms with Crippen molar-refractivity contribution in [3.8, 4) is 0 Å². The number of nitrogens with zero attached hydrogens (tertiary/aromatic N) is 4. The Kier molecular flexibility index (Phi) is 4.09. The number of aryl methyl sites for hydroxylation is 2. The fourth-order valence-corrected chi connectivity index (χ4v) is 2.77. The van der Waals surface area contributed by atoms with Crippen LogP contribution in [0.1, 0.15) is 17.7 Å². The second-order valence-corrected chi connectivity index (χ2v) is 5.93. The third-order valence-corrected chi connectivity index (χ3v) is 3.95. The first kappa shape index (κ1) is 14.6. The minimum absolute atomic E-state index is 0.348. The number of rotatable bonds is 4. The highest BCUT2D eigenvalue weighted by atomic mass is 15.2. The summed E-state index contributed by atoms with van der Waals surface area (Å²) in [5.41, 5.74) is 7.82. The molecule has 0 aliphatic carbocycles. The highest BCUT2D eigenvalue weighted by Gasteiger charge is 2.23. The van der Waals surface area contributed by atoms with Gasteiger partial charge in [0.1, 0.15) is 11.6 Å². The van der Waals surface area contributed by atoms with Gasteiger partial charge in [0.25, 0.3) is 0 Å². The number of anilines is 3. The largest absolute Gasteiger partial charge is 0.370 e. The van der Waals surface area contributed by atoms with E-state index in [0.717, 1.165) is 43.4 Å². The average Bonchev–Trinajstić information content (AvgIpc) is 2.95. The van der Waals surface area contributed by atoms with Gasteiger partial charge in [0, 0.05) is 37.6 Å². The number of pyridine rings is 1. The number of nitrogen functional groups attached to an aromatic ring is 1. The van der Waals surface area contributed by atoms with Crippen molar-refractivity contribution in [1.82, 2.24) is 15.0 Å². The quantitative estimate of drug-likeness (QED) is 0.899. The summed E-state index contributed by atoms with van der Waals surface area (Å²) in [4.78, 5) is 15.1. The van der Waals surface area contributed by atoms with Gasteiger partial charge in [-0.05, 0) is 37.8 Å². The van der Waals surface area contributed by atoms with E-state index in [0.29, 0.717) is 11.9 Å². The Morgan fingerprint density at radius 1 is 1.32 bits per heavy atom. The lowest BCUT2D eigenvalue weighted by Crippen LogP contribution is -2.24. The van der Waals surface area contributed by atoms with Crippen molar-refractivity contribution in [3.05, 3.63) is 35.7 Å². The summed E-state index contributed by atoms with van der Waals surface area (Å²) in [6, 6.07) is 6.09. The van der Waals surface area contributed by atoms with Crippen LogP contribution in [0.4, 0.5) is 17.6 Å². The van der Waals surface area contributed by atoms with Crippen LogP contribution in [0.5, 0.6) is 0 Å². The molecule has 3 rings (SSSR count). The molecular formula is C16H22N6. The lowest BCUT2D eigenvalue weighted by atomic mass is 10.1. The molecule has 0 unspecified atom stereocenters. The Labute approximate surface area is 130 Å². The fourth-order valence-electron chi connectivity index (χ4n) is 2.77. The molecule has 0 spiro atoms. The molecule has 1 aliphatic heterocycles. The van der Waals surface area contributed by atoms with Crippen molar-refractivity contribution >= 4 is 17.6 Å². The van der Waals surface area contributed by atoms with Crippen LogP contribution in [-0.4, -0.2) is 34.6 Å². The van der Waals surface area contributed by atoms with Gasteiger partial charge in [-0.15, -0.1) is 0 Å². The number of nitrogens with one attached hydrogen (secondary N) is 1. The molecule has 6 heteroatoms. The molecule has 6 nitrogen and oxygen atoms in total. The Bertz CT molecular complexity index is 619. The van der Waals surface area contributed by atoms with E-state index in [9.17, 15) is 0 Å². The molecular weight excluding hydrogens is 276 g/mol. The van der Waals surface area contributed by atoms with E-state index in [1.165, 1.54) is 5.56 Å². The maximum Gasteiger partial charge on any atom is 0.222 e. The molecule has 22 heavy (non-hydrogen) atoms. The molecule has 2 aromatic rings. The maximum absolute atomic E-state index is 5.74. The molecule has 1 atom stereocenters. The van der Waals surface area contributed by atoms with Crippen molar-refractivity contribution < 1.29 is 0 Å². The van der Waals surface area contributed by atoms with E-state index in [1.807, 2.05) is 32.2 Å². The molecule has 1 aliphatic rings. The number of hydrogen-bond donors (Lipinski definition) is 2. The Balaban J connectivity index is 1.57. The van der Waals surface area contributed by atoms with Crippen LogP contribution in [-0.2, 0) is 0 Å². The van der Waals surface area contributed by atoms with Crippen molar-refractivity contribution in [1.29, 1.82) is 0 Å². The minimum Gasteiger partial charge on any atom is -0.370 e. The van der Waals surface area contributed by atoms with Crippen LogP contribution in [0.25, 0.3) is 0 Å². The summed E-state index contributed by atoms with van der Waals surface area (Å²) in [5, 5.41) is 3.41. The molecule has 3 heterocycles. The van der Waals surface area contributed by atoms with Crippen molar-refractivity contribution in [2.24, 2.45) is 5.92 Å². The van der Waals surface area contributed by atoms with Gasteiger partial charge in [0.05, 0.1) is 0 Å². The van der Waals surface area contributed by atoms with Gasteiger partial charge in [-0.1, -0.05) is 6.07 Å². The van der Waals surface area contributed by atoms with Crippen molar-refractivity contribution in [3.63, 3.8) is 0 Å². The van der Waals surface area contributed by atoms with Gasteiger partial charge in [0.2, 0.25) is 5.95 Å². The van der Waals surface area contributed by atoms with Crippen molar-refractivity contribution in [2.75, 3.05) is 35.6 Å². The van der Waals surface area contributed by atoms with E-state index >= 15 is 0 Å². The third kappa shape index (κ3) is 3.44. The Hall–Kier alpha value is -2.37. The van der Waals surface area contributed by atoms with E-state index in [1.54, 1.807) is 0 Å². The van der Waals surface area contributed by atoms with Crippen molar-refractivity contribution in [2.45, 2.75) is 20.3 Å². The minimum atomic E-state index is 0.348. The predicted molar refractivity (Wildman–Crippen MR) is 89.0 cm³/mol.